The lowest BCUT2D eigenvalue weighted by molar-refractivity contribution is -0.148. The minimum atomic E-state index is -0.551. The van der Waals surface area contributed by atoms with Gasteiger partial charge in [-0.05, 0) is 65.4 Å². The predicted molar refractivity (Wildman–Crippen MR) is 101 cm³/mol. The minimum absolute atomic E-state index is 0.101. The van der Waals surface area contributed by atoms with E-state index in [4.69, 9.17) is 4.74 Å². The van der Waals surface area contributed by atoms with Crippen LogP contribution in [-0.4, -0.2) is 33.5 Å². The molecule has 3 aromatic rings. The molecule has 1 heterocycles. The molecule has 128 valence electrons. The summed E-state index contributed by atoms with van der Waals surface area (Å²) in [6.45, 7) is 1.45. The van der Waals surface area contributed by atoms with Crippen LogP contribution in [0.3, 0.4) is 0 Å². The highest BCUT2D eigenvalue weighted by Gasteiger charge is 2.12. The molecular formula is C17H15IN4O3. The number of amides is 1. The lowest BCUT2D eigenvalue weighted by Crippen LogP contribution is -2.23. The van der Waals surface area contributed by atoms with E-state index >= 15 is 0 Å². The van der Waals surface area contributed by atoms with Crippen molar-refractivity contribution in [2.24, 2.45) is 0 Å². The van der Waals surface area contributed by atoms with E-state index in [2.05, 4.69) is 38.2 Å². The maximum Gasteiger partial charge on any atom is 0.328 e. The summed E-state index contributed by atoms with van der Waals surface area (Å²) in [5, 5.41) is 10.6. The molecule has 0 saturated carbocycles. The summed E-state index contributed by atoms with van der Waals surface area (Å²) >= 11 is 2.20. The molecule has 2 aromatic carbocycles. The van der Waals surface area contributed by atoms with Gasteiger partial charge in [-0.3, -0.25) is 9.59 Å². The number of benzene rings is 2. The van der Waals surface area contributed by atoms with Crippen LogP contribution in [0.5, 0.6) is 0 Å². The number of nitrogens with zero attached hydrogens (tertiary/aromatic N) is 3. The summed E-state index contributed by atoms with van der Waals surface area (Å²) in [5.74, 6) is -0.939. The van der Waals surface area contributed by atoms with Gasteiger partial charge in [-0.25, -0.2) is 4.68 Å². The standard InChI is InChI=1S/C17H15IN4O3/c1-11-8-12(18)6-7-13(11)19-16(23)10-25-17(24)9-22-15-5-3-2-4-14(15)20-21-22/h2-8H,9-10H2,1H3,(H,19,23). The molecule has 7 nitrogen and oxygen atoms in total. The first-order valence-corrected chi connectivity index (χ1v) is 8.60. The number of hydrogen-bond donors (Lipinski definition) is 1. The van der Waals surface area contributed by atoms with Crippen molar-refractivity contribution in [3.8, 4) is 0 Å². The molecule has 25 heavy (non-hydrogen) atoms. The van der Waals surface area contributed by atoms with Gasteiger partial charge < -0.3 is 10.1 Å². The number of aryl methyl sites for hydroxylation is 1. The van der Waals surface area contributed by atoms with E-state index in [1.54, 1.807) is 6.07 Å². The van der Waals surface area contributed by atoms with Gasteiger partial charge in [0.2, 0.25) is 0 Å². The largest absolute Gasteiger partial charge is 0.454 e. The first-order valence-electron chi connectivity index (χ1n) is 7.53. The lowest BCUT2D eigenvalue weighted by atomic mass is 10.2. The van der Waals surface area contributed by atoms with Crippen LogP contribution in [0.4, 0.5) is 5.69 Å². The van der Waals surface area contributed by atoms with Crippen LogP contribution in [0.15, 0.2) is 42.5 Å². The zero-order valence-corrected chi connectivity index (χ0v) is 15.6. The Kier molecular flexibility index (Phi) is 5.27. The Morgan fingerprint density at radius 3 is 2.84 bits per heavy atom. The quantitative estimate of drug-likeness (QED) is 0.477. The molecule has 0 spiro atoms. The molecule has 8 heteroatoms. The van der Waals surface area contributed by atoms with Crippen molar-refractivity contribution in [1.29, 1.82) is 0 Å². The molecule has 0 saturated heterocycles. The van der Waals surface area contributed by atoms with Gasteiger partial charge in [0, 0.05) is 9.26 Å². The zero-order chi connectivity index (χ0) is 17.8. The number of ether oxygens (including phenoxy) is 1. The third-order valence-corrected chi connectivity index (χ3v) is 4.20. The van der Waals surface area contributed by atoms with E-state index in [0.717, 1.165) is 14.7 Å². The maximum atomic E-state index is 11.9. The second-order valence-electron chi connectivity index (χ2n) is 5.40. The Balaban J connectivity index is 1.54. The first-order chi connectivity index (χ1) is 12.0. The number of carbonyl (C=O) groups is 2. The van der Waals surface area contributed by atoms with Crippen LogP contribution >= 0.6 is 22.6 Å². The summed E-state index contributed by atoms with van der Waals surface area (Å²) in [6.07, 6.45) is 0. The van der Waals surface area contributed by atoms with Crippen LogP contribution < -0.4 is 5.32 Å². The van der Waals surface area contributed by atoms with Crippen molar-refractivity contribution < 1.29 is 14.3 Å². The van der Waals surface area contributed by atoms with Crippen molar-refractivity contribution in [3.05, 3.63) is 51.6 Å². The van der Waals surface area contributed by atoms with E-state index < -0.39 is 5.97 Å². The summed E-state index contributed by atoms with van der Waals surface area (Å²) in [6, 6.07) is 13.0. The molecule has 3 rings (SSSR count). The fourth-order valence-corrected chi connectivity index (χ4v) is 2.95. The normalized spacial score (nSPS) is 10.6. The monoisotopic (exact) mass is 450 g/mol. The number of anilines is 1. The molecule has 1 N–H and O–H groups in total. The van der Waals surface area contributed by atoms with Crippen molar-refractivity contribution in [2.75, 3.05) is 11.9 Å². The number of carbonyl (C=O) groups excluding carboxylic acids is 2. The third kappa shape index (κ3) is 4.32. The van der Waals surface area contributed by atoms with Crippen LogP contribution in [0, 0.1) is 10.5 Å². The van der Waals surface area contributed by atoms with E-state index in [9.17, 15) is 9.59 Å². The number of nitrogens with one attached hydrogen (secondary N) is 1. The van der Waals surface area contributed by atoms with Crippen LogP contribution in [0.1, 0.15) is 5.56 Å². The highest BCUT2D eigenvalue weighted by atomic mass is 127. The van der Waals surface area contributed by atoms with E-state index in [-0.39, 0.29) is 19.1 Å². The third-order valence-electron chi connectivity index (χ3n) is 3.53. The summed E-state index contributed by atoms with van der Waals surface area (Å²) in [4.78, 5) is 23.9. The second kappa shape index (κ2) is 7.60. The van der Waals surface area contributed by atoms with Crippen molar-refractivity contribution in [3.63, 3.8) is 0 Å². The molecule has 0 aliphatic carbocycles. The number of halogens is 1. The molecule has 0 unspecified atom stereocenters. The molecule has 0 atom stereocenters. The van der Waals surface area contributed by atoms with Gasteiger partial charge in [0.15, 0.2) is 6.61 Å². The first kappa shape index (κ1) is 17.3. The Hall–Kier alpha value is -2.49. The van der Waals surface area contributed by atoms with Crippen LogP contribution in [0.2, 0.25) is 0 Å². The van der Waals surface area contributed by atoms with E-state index in [1.165, 1.54) is 4.68 Å². The van der Waals surface area contributed by atoms with E-state index in [0.29, 0.717) is 11.2 Å². The number of fused-ring (bicyclic) bond motifs is 1. The molecule has 1 amide bonds. The number of hydrogen-bond acceptors (Lipinski definition) is 5. The van der Waals surface area contributed by atoms with Crippen molar-refractivity contribution in [2.45, 2.75) is 13.5 Å². The van der Waals surface area contributed by atoms with E-state index in [1.807, 2.05) is 43.3 Å². The number of para-hydroxylation sites is 1. The highest BCUT2D eigenvalue weighted by Crippen LogP contribution is 2.17. The second-order valence-corrected chi connectivity index (χ2v) is 6.65. The van der Waals surface area contributed by atoms with Crippen molar-refractivity contribution in [1.82, 2.24) is 15.0 Å². The Bertz CT molecular complexity index is 939. The fourth-order valence-electron chi connectivity index (χ4n) is 2.30. The zero-order valence-electron chi connectivity index (χ0n) is 13.4. The SMILES string of the molecule is Cc1cc(I)ccc1NC(=O)COC(=O)Cn1nnc2ccccc21. The summed E-state index contributed by atoms with van der Waals surface area (Å²) < 4.78 is 7.55. The van der Waals surface area contributed by atoms with Gasteiger partial charge in [0.05, 0.1) is 5.52 Å². The van der Waals surface area contributed by atoms with Gasteiger partial charge in [0.1, 0.15) is 12.1 Å². The molecule has 0 aliphatic rings. The lowest BCUT2D eigenvalue weighted by Gasteiger charge is -2.09. The summed E-state index contributed by atoms with van der Waals surface area (Å²) in [5.41, 5.74) is 3.07. The molecule has 0 aliphatic heterocycles. The molecule has 0 bridgehead atoms. The van der Waals surface area contributed by atoms with Crippen molar-refractivity contribution >= 4 is 51.2 Å². The Labute approximate surface area is 157 Å². The van der Waals surface area contributed by atoms with Gasteiger partial charge in [-0.1, -0.05) is 17.3 Å². The van der Waals surface area contributed by atoms with Gasteiger partial charge in [-0.2, -0.15) is 0 Å². The number of rotatable bonds is 5. The molecule has 1 aromatic heterocycles. The molecule has 0 radical (unpaired) electrons. The van der Waals surface area contributed by atoms with Crippen LogP contribution in [0.25, 0.3) is 11.0 Å². The number of aromatic nitrogens is 3. The average molecular weight is 450 g/mol. The van der Waals surface area contributed by atoms with Gasteiger partial charge in [-0.15, -0.1) is 5.10 Å². The number of esters is 1. The maximum absolute atomic E-state index is 11.9. The smallest absolute Gasteiger partial charge is 0.328 e. The molecular weight excluding hydrogens is 435 g/mol. The van der Waals surface area contributed by atoms with Gasteiger partial charge in [0.25, 0.3) is 5.91 Å². The Morgan fingerprint density at radius 1 is 1.24 bits per heavy atom. The Morgan fingerprint density at radius 2 is 2.04 bits per heavy atom. The summed E-state index contributed by atoms with van der Waals surface area (Å²) in [7, 11) is 0. The minimum Gasteiger partial charge on any atom is -0.454 e. The topological polar surface area (TPSA) is 86.1 Å². The predicted octanol–water partition coefficient (Wildman–Crippen LogP) is 2.53. The van der Waals surface area contributed by atoms with Crippen LogP contribution in [-0.2, 0) is 20.9 Å². The van der Waals surface area contributed by atoms with Gasteiger partial charge >= 0.3 is 5.97 Å². The highest BCUT2D eigenvalue weighted by molar-refractivity contribution is 14.1. The average Bonchev–Trinajstić information content (AvgIpc) is 2.99. The molecule has 0 fully saturated rings. The fraction of sp³-hybridized carbons (Fsp3) is 0.176.